The van der Waals surface area contributed by atoms with Crippen LogP contribution in [0.5, 0.6) is 5.75 Å². The van der Waals surface area contributed by atoms with E-state index in [1.807, 2.05) is 24.3 Å². The molecule has 1 fully saturated rings. The summed E-state index contributed by atoms with van der Waals surface area (Å²) in [5.74, 6) is -0.352. The van der Waals surface area contributed by atoms with Crippen LogP contribution < -0.4 is 15.4 Å². The lowest BCUT2D eigenvalue weighted by Crippen LogP contribution is -2.60. The number of amides is 2. The van der Waals surface area contributed by atoms with Gasteiger partial charge in [0.1, 0.15) is 17.6 Å². The van der Waals surface area contributed by atoms with Crippen molar-refractivity contribution in [2.45, 2.75) is 60.5 Å². The molecule has 9 nitrogen and oxygen atoms in total. The number of fused-ring (bicyclic) bond motifs is 3. The molecule has 0 radical (unpaired) electrons. The topological polar surface area (TPSA) is 130 Å². The summed E-state index contributed by atoms with van der Waals surface area (Å²) in [4.78, 5) is 29.2. The zero-order chi connectivity index (χ0) is 32.5. The van der Waals surface area contributed by atoms with Crippen molar-refractivity contribution in [2.24, 2.45) is 17.6 Å². The van der Waals surface area contributed by atoms with E-state index in [0.717, 1.165) is 24.0 Å². The molecule has 10 heteroatoms. The molecule has 0 bridgehead atoms. The van der Waals surface area contributed by atoms with Crippen LogP contribution >= 0.6 is 0 Å². The zero-order valence-electron chi connectivity index (χ0n) is 26.2. The number of nitrogens with zero attached hydrogens (tertiary/aromatic N) is 2. The molecule has 2 aromatic rings. The molecule has 0 saturated heterocycles. The molecule has 0 aromatic heterocycles. The quantitative estimate of drug-likeness (QED) is 0.361. The fourth-order valence-corrected chi connectivity index (χ4v) is 10.3. The third-order valence-electron chi connectivity index (χ3n) is 10.1. The molecule has 2 amide bonds. The van der Waals surface area contributed by atoms with Gasteiger partial charge in [0.2, 0.25) is 11.8 Å². The lowest BCUT2D eigenvalue weighted by molar-refractivity contribution is -0.128. The number of rotatable bonds is 11. The predicted molar refractivity (Wildman–Crippen MR) is 176 cm³/mol. The van der Waals surface area contributed by atoms with Crippen molar-refractivity contribution in [3.8, 4) is 5.75 Å². The highest BCUT2D eigenvalue weighted by Gasteiger charge is 2.56. The number of carbonyl (C=O) groups excluding carboxylic acids is 2. The minimum absolute atomic E-state index is 0.0181. The molecule has 6 atom stereocenters. The normalized spacial score (nSPS) is 25.4. The van der Waals surface area contributed by atoms with E-state index in [4.69, 9.17) is 10.5 Å². The van der Waals surface area contributed by atoms with Crippen molar-refractivity contribution in [3.05, 3.63) is 84.5 Å². The molecule has 3 aliphatic rings. The molecule has 1 heterocycles. The molecule has 2 aromatic carbocycles. The van der Waals surface area contributed by atoms with Crippen LogP contribution in [0.4, 0.5) is 5.69 Å². The van der Waals surface area contributed by atoms with Crippen LogP contribution in [-0.4, -0.2) is 80.6 Å². The first-order valence-electron chi connectivity index (χ1n) is 15.7. The highest BCUT2D eigenvalue weighted by molar-refractivity contribution is 7.93. The van der Waals surface area contributed by atoms with Crippen LogP contribution in [0.1, 0.15) is 53.6 Å². The molecule has 1 saturated carbocycles. The summed E-state index contributed by atoms with van der Waals surface area (Å²) in [5, 5.41) is 8.51. The van der Waals surface area contributed by atoms with Crippen LogP contribution in [0, 0.1) is 11.8 Å². The average molecular weight is 636 g/mol. The molecule has 1 aliphatic heterocycles. The van der Waals surface area contributed by atoms with Crippen molar-refractivity contribution in [3.63, 3.8) is 0 Å². The maximum Gasteiger partial charge on any atom is 0.248 e. The van der Waals surface area contributed by atoms with Gasteiger partial charge in [0.05, 0.1) is 22.5 Å². The van der Waals surface area contributed by atoms with Gasteiger partial charge in [0.15, 0.2) is 9.84 Å². The van der Waals surface area contributed by atoms with Gasteiger partial charge < -0.3 is 25.4 Å². The maximum atomic E-state index is 14.9. The number of hydrogen-bond donors (Lipinski definition) is 2. The number of ether oxygens (including phenoxy) is 1. The van der Waals surface area contributed by atoms with Gasteiger partial charge in [-0.2, -0.15) is 0 Å². The Balaban J connectivity index is 1.67. The molecule has 3 N–H and O–H groups in total. The summed E-state index contributed by atoms with van der Waals surface area (Å²) in [5.41, 5.74) is 7.59. The van der Waals surface area contributed by atoms with E-state index in [1.54, 1.807) is 44.4 Å². The van der Waals surface area contributed by atoms with E-state index >= 15 is 0 Å². The minimum Gasteiger partial charge on any atom is -0.490 e. The first kappa shape index (κ1) is 32.8. The van der Waals surface area contributed by atoms with Crippen LogP contribution in [0.2, 0.25) is 0 Å². The summed E-state index contributed by atoms with van der Waals surface area (Å²) in [6, 6.07) is 13.0. The number of primary amides is 1. The van der Waals surface area contributed by atoms with Gasteiger partial charge in [-0.05, 0) is 79.7 Å². The van der Waals surface area contributed by atoms with E-state index in [1.165, 1.54) is 4.90 Å². The maximum absolute atomic E-state index is 14.9. The highest BCUT2D eigenvalue weighted by atomic mass is 32.2. The average Bonchev–Trinajstić information content (AvgIpc) is 3.16. The second kappa shape index (κ2) is 13.0. The van der Waals surface area contributed by atoms with E-state index in [-0.39, 0.29) is 31.4 Å². The fourth-order valence-electron chi connectivity index (χ4n) is 7.59. The molecule has 45 heavy (non-hydrogen) atoms. The number of sulfone groups is 1. The van der Waals surface area contributed by atoms with Gasteiger partial charge in [-0.15, -0.1) is 13.2 Å². The summed E-state index contributed by atoms with van der Waals surface area (Å²) < 4.78 is 36.3. The van der Waals surface area contributed by atoms with Gasteiger partial charge >= 0.3 is 0 Å². The van der Waals surface area contributed by atoms with Crippen molar-refractivity contribution in [2.75, 3.05) is 38.7 Å². The summed E-state index contributed by atoms with van der Waals surface area (Å²) in [6.45, 7) is 8.42. The Bertz CT molecular complexity index is 1570. The molecular weight excluding hydrogens is 590 g/mol. The Kier molecular flexibility index (Phi) is 9.46. The van der Waals surface area contributed by atoms with E-state index in [0.29, 0.717) is 42.8 Å². The van der Waals surface area contributed by atoms with Gasteiger partial charge in [-0.3, -0.25) is 9.59 Å². The van der Waals surface area contributed by atoms with Gasteiger partial charge in [-0.25, -0.2) is 8.42 Å². The van der Waals surface area contributed by atoms with Crippen LogP contribution in [-0.2, 0) is 26.5 Å². The summed E-state index contributed by atoms with van der Waals surface area (Å²) in [6.07, 6.45) is 5.74. The SMILES string of the molecule is C=CCC[C@@H](C(=O)N(C)C)S(=O)(=O)C1CCc2ccccc2C12COc1ccc(C(N)=O)cc1N(C[C@@H]1CC[C@H]1[C@@H](O)C=C)C2. The van der Waals surface area contributed by atoms with E-state index in [2.05, 4.69) is 18.1 Å². The van der Waals surface area contributed by atoms with Gasteiger partial charge in [0, 0.05) is 32.7 Å². The highest BCUT2D eigenvalue weighted by Crippen LogP contribution is 2.49. The fraction of sp³-hybridized carbons (Fsp3) is 0.486. The molecular formula is C35H45N3O6S. The third kappa shape index (κ3) is 6.02. The Morgan fingerprint density at radius 1 is 1.18 bits per heavy atom. The molecule has 2 aliphatic carbocycles. The third-order valence-corrected chi connectivity index (χ3v) is 12.9. The molecule has 5 rings (SSSR count). The first-order chi connectivity index (χ1) is 21.4. The second-order valence-electron chi connectivity index (χ2n) is 13.0. The minimum atomic E-state index is -4.06. The zero-order valence-corrected chi connectivity index (χ0v) is 27.0. The van der Waals surface area contributed by atoms with Crippen molar-refractivity contribution >= 4 is 27.3 Å². The number of nitrogens with two attached hydrogens (primary N) is 1. The molecule has 242 valence electrons. The van der Waals surface area contributed by atoms with Crippen molar-refractivity contribution in [1.29, 1.82) is 0 Å². The predicted octanol–water partition coefficient (Wildman–Crippen LogP) is 3.65. The standard InChI is InChI=1S/C35H45N3O6S/c1-5-7-12-31(34(41)37(3)4)45(42,43)32-18-15-23-10-8-9-11-27(23)35(32)21-38(20-25-13-16-26(25)29(39)6-2)28-19-24(33(36)40)14-17-30(28)44-22-35/h5-6,8-11,14,17,19,25-26,29,31-32,39H,1-2,7,12-13,15-16,18,20-22H2,3-4H3,(H2,36,40)/t25-,26+,29-,31-,32?,35?/m0/s1. The summed E-state index contributed by atoms with van der Waals surface area (Å²) >= 11 is 0. The lowest BCUT2D eigenvalue weighted by atomic mass is 9.68. The largest absolute Gasteiger partial charge is 0.490 e. The van der Waals surface area contributed by atoms with Gasteiger partial charge in [0.25, 0.3) is 0 Å². The monoisotopic (exact) mass is 635 g/mol. The van der Waals surface area contributed by atoms with Crippen LogP contribution in [0.15, 0.2) is 67.8 Å². The lowest BCUT2D eigenvalue weighted by Gasteiger charge is -2.48. The number of benzene rings is 2. The number of aryl methyl sites for hydroxylation is 1. The Labute approximate surface area is 266 Å². The molecule has 2 unspecified atom stereocenters. The van der Waals surface area contributed by atoms with Crippen LogP contribution in [0.3, 0.4) is 0 Å². The number of carbonyl (C=O) groups is 2. The second-order valence-corrected chi connectivity index (χ2v) is 15.3. The Hall–Kier alpha value is -3.63. The van der Waals surface area contributed by atoms with Gasteiger partial charge in [-0.1, -0.05) is 36.4 Å². The van der Waals surface area contributed by atoms with E-state index in [9.17, 15) is 23.1 Å². The van der Waals surface area contributed by atoms with Crippen molar-refractivity contribution < 1.29 is 27.9 Å². The number of aliphatic hydroxyl groups excluding tert-OH is 1. The smallest absolute Gasteiger partial charge is 0.248 e. The van der Waals surface area contributed by atoms with Crippen LogP contribution in [0.25, 0.3) is 0 Å². The number of hydrogen-bond acceptors (Lipinski definition) is 7. The Morgan fingerprint density at radius 3 is 2.58 bits per heavy atom. The Morgan fingerprint density at radius 2 is 1.93 bits per heavy atom. The molecule has 1 spiro atoms. The van der Waals surface area contributed by atoms with Crippen molar-refractivity contribution in [1.82, 2.24) is 4.90 Å². The summed E-state index contributed by atoms with van der Waals surface area (Å²) in [7, 11) is -0.893. The first-order valence-corrected chi connectivity index (χ1v) is 17.3. The number of aliphatic hydroxyl groups is 1. The number of allylic oxidation sites excluding steroid dienone is 1. The van der Waals surface area contributed by atoms with E-state index < -0.39 is 43.7 Å². The number of anilines is 1.